The predicted octanol–water partition coefficient (Wildman–Crippen LogP) is 3.51. The summed E-state index contributed by atoms with van der Waals surface area (Å²) in [5, 5.41) is 19.8. The molecule has 0 spiro atoms. The van der Waals surface area contributed by atoms with Crippen LogP contribution in [0.4, 0.5) is 0 Å². The fourth-order valence-corrected chi connectivity index (χ4v) is 4.39. The van der Waals surface area contributed by atoms with Gasteiger partial charge in [0.1, 0.15) is 17.1 Å². The summed E-state index contributed by atoms with van der Waals surface area (Å²) in [6.45, 7) is 5.90. The maximum Gasteiger partial charge on any atom is 0.232 e. The summed E-state index contributed by atoms with van der Waals surface area (Å²) in [5.74, 6) is -1.56. The lowest BCUT2D eigenvalue weighted by atomic mass is 9.65. The van der Waals surface area contributed by atoms with Crippen LogP contribution >= 0.6 is 0 Å². The molecular formula is C20H20O5. The second kappa shape index (κ2) is 4.97. The SMILES string of the molecule is CC1=C[C@H]2C3=C(OC(C)(C)[C@H]2CC1)C(=O)c1c(O)cc(O)cc1C3=O. The van der Waals surface area contributed by atoms with Gasteiger partial charge in [-0.3, -0.25) is 9.59 Å². The van der Waals surface area contributed by atoms with Crippen LogP contribution in [-0.2, 0) is 4.74 Å². The van der Waals surface area contributed by atoms with E-state index < -0.39 is 17.1 Å². The third-order valence-corrected chi connectivity index (χ3v) is 5.61. The van der Waals surface area contributed by atoms with E-state index in [1.54, 1.807) is 0 Å². The number of benzene rings is 1. The maximum absolute atomic E-state index is 13.1. The molecule has 2 atom stereocenters. The molecule has 0 unspecified atom stereocenters. The fraction of sp³-hybridized carbons (Fsp3) is 0.400. The van der Waals surface area contributed by atoms with Gasteiger partial charge in [-0.1, -0.05) is 11.6 Å². The van der Waals surface area contributed by atoms with Gasteiger partial charge in [-0.2, -0.15) is 0 Å². The minimum atomic E-state index is -0.583. The van der Waals surface area contributed by atoms with Gasteiger partial charge in [-0.15, -0.1) is 0 Å². The van der Waals surface area contributed by atoms with Gasteiger partial charge >= 0.3 is 0 Å². The van der Waals surface area contributed by atoms with Gasteiger partial charge < -0.3 is 14.9 Å². The Bertz CT molecular complexity index is 888. The normalized spacial score (nSPS) is 27.1. The summed E-state index contributed by atoms with van der Waals surface area (Å²) in [6.07, 6.45) is 3.89. The van der Waals surface area contributed by atoms with Crippen LogP contribution in [0.5, 0.6) is 11.5 Å². The van der Waals surface area contributed by atoms with Crippen molar-refractivity contribution in [1.29, 1.82) is 0 Å². The van der Waals surface area contributed by atoms with Gasteiger partial charge in [-0.05, 0) is 39.7 Å². The van der Waals surface area contributed by atoms with Crippen molar-refractivity contribution < 1.29 is 24.5 Å². The third-order valence-electron chi connectivity index (χ3n) is 5.61. The zero-order valence-corrected chi connectivity index (χ0v) is 14.4. The monoisotopic (exact) mass is 340 g/mol. The number of aromatic hydroxyl groups is 2. The molecule has 0 radical (unpaired) electrons. The standard InChI is InChI=1S/C20H20O5/c1-9-4-5-13-11(6-9)16-17(23)12-7-10(21)8-14(22)15(12)18(24)19(16)25-20(13,2)3/h6-8,11,13,21-22H,4-5H2,1-3H3/t11-,13+/m1/s1. The Morgan fingerprint density at radius 1 is 1.16 bits per heavy atom. The lowest BCUT2D eigenvalue weighted by molar-refractivity contribution is -0.0493. The number of carbonyl (C=O) groups excluding carboxylic acids is 2. The molecule has 0 bridgehead atoms. The summed E-state index contributed by atoms with van der Waals surface area (Å²) >= 11 is 0. The number of ketones is 2. The van der Waals surface area contributed by atoms with Crippen molar-refractivity contribution in [2.75, 3.05) is 0 Å². The van der Waals surface area contributed by atoms with Gasteiger partial charge in [-0.25, -0.2) is 0 Å². The molecule has 5 heteroatoms. The second-order valence-electron chi connectivity index (χ2n) is 7.68. The number of phenolic OH excluding ortho intramolecular Hbond substituents is 2. The predicted molar refractivity (Wildman–Crippen MR) is 90.6 cm³/mol. The third kappa shape index (κ3) is 2.15. The average molecular weight is 340 g/mol. The Labute approximate surface area is 145 Å². The van der Waals surface area contributed by atoms with E-state index in [1.165, 1.54) is 11.6 Å². The van der Waals surface area contributed by atoms with Crippen molar-refractivity contribution in [1.82, 2.24) is 0 Å². The largest absolute Gasteiger partial charge is 0.508 e. The lowest BCUT2D eigenvalue weighted by Crippen LogP contribution is -2.48. The second-order valence-corrected chi connectivity index (χ2v) is 7.68. The van der Waals surface area contributed by atoms with E-state index in [1.807, 2.05) is 20.8 Å². The first kappa shape index (κ1) is 15.9. The number of hydrogen-bond acceptors (Lipinski definition) is 5. The summed E-state index contributed by atoms with van der Waals surface area (Å²) in [6, 6.07) is 2.31. The molecule has 5 nitrogen and oxygen atoms in total. The minimum absolute atomic E-state index is 0.0377. The van der Waals surface area contributed by atoms with Gasteiger partial charge in [0.25, 0.3) is 0 Å². The summed E-state index contributed by atoms with van der Waals surface area (Å²) in [7, 11) is 0. The molecular weight excluding hydrogens is 320 g/mol. The number of carbonyl (C=O) groups is 2. The molecule has 0 amide bonds. The van der Waals surface area contributed by atoms with Crippen LogP contribution in [0.1, 0.15) is 54.3 Å². The van der Waals surface area contributed by atoms with E-state index in [0.29, 0.717) is 5.57 Å². The molecule has 1 heterocycles. The van der Waals surface area contributed by atoms with Crippen LogP contribution in [0.15, 0.2) is 35.1 Å². The molecule has 0 aromatic heterocycles. The molecule has 1 aromatic rings. The number of Topliss-reactive ketones (excluding diaryl/α,β-unsaturated/α-hetero) is 2. The van der Waals surface area contributed by atoms with Crippen molar-refractivity contribution in [2.24, 2.45) is 11.8 Å². The summed E-state index contributed by atoms with van der Waals surface area (Å²) in [4.78, 5) is 26.1. The number of ether oxygens (including phenoxy) is 1. The molecule has 3 aliphatic rings. The Balaban J connectivity index is 1.97. The van der Waals surface area contributed by atoms with E-state index in [4.69, 9.17) is 4.74 Å². The van der Waals surface area contributed by atoms with Crippen molar-refractivity contribution in [3.8, 4) is 11.5 Å². The first-order chi connectivity index (χ1) is 11.7. The highest BCUT2D eigenvalue weighted by molar-refractivity contribution is 6.27. The molecule has 130 valence electrons. The van der Waals surface area contributed by atoms with Crippen LogP contribution in [0, 0.1) is 11.8 Å². The van der Waals surface area contributed by atoms with Crippen LogP contribution < -0.4 is 0 Å². The maximum atomic E-state index is 13.1. The van der Waals surface area contributed by atoms with E-state index in [9.17, 15) is 19.8 Å². The van der Waals surface area contributed by atoms with Crippen molar-refractivity contribution in [2.45, 2.75) is 39.2 Å². The van der Waals surface area contributed by atoms with Gasteiger partial charge in [0.15, 0.2) is 11.5 Å². The topological polar surface area (TPSA) is 83.8 Å². The molecule has 0 fully saturated rings. The summed E-state index contributed by atoms with van der Waals surface area (Å²) < 4.78 is 6.01. The quantitative estimate of drug-likeness (QED) is 0.706. The number of hydrogen-bond donors (Lipinski definition) is 2. The average Bonchev–Trinajstić information content (AvgIpc) is 2.51. The Morgan fingerprint density at radius 3 is 2.60 bits per heavy atom. The number of rotatable bonds is 0. The molecule has 25 heavy (non-hydrogen) atoms. The fourth-order valence-electron chi connectivity index (χ4n) is 4.39. The van der Waals surface area contributed by atoms with E-state index in [-0.39, 0.29) is 40.3 Å². The highest BCUT2D eigenvalue weighted by Gasteiger charge is 2.51. The van der Waals surface area contributed by atoms with E-state index >= 15 is 0 Å². The molecule has 0 saturated carbocycles. The number of allylic oxidation sites excluding steroid dienone is 4. The zero-order valence-electron chi connectivity index (χ0n) is 14.4. The van der Waals surface area contributed by atoms with Gasteiger partial charge in [0.05, 0.1) is 11.1 Å². The van der Waals surface area contributed by atoms with Gasteiger partial charge in [0.2, 0.25) is 5.78 Å². The van der Waals surface area contributed by atoms with Crippen molar-refractivity contribution in [3.05, 3.63) is 46.2 Å². The number of phenols is 2. The Hall–Kier alpha value is -2.56. The molecule has 4 rings (SSSR count). The van der Waals surface area contributed by atoms with E-state index in [2.05, 4.69) is 6.08 Å². The minimum Gasteiger partial charge on any atom is -0.508 e. The molecule has 2 N–H and O–H groups in total. The smallest absolute Gasteiger partial charge is 0.232 e. The lowest BCUT2D eigenvalue weighted by Gasteiger charge is -2.47. The van der Waals surface area contributed by atoms with Crippen molar-refractivity contribution in [3.63, 3.8) is 0 Å². The Kier molecular flexibility index (Phi) is 3.17. The number of fused-ring (bicyclic) bond motifs is 3. The molecule has 2 aliphatic carbocycles. The highest BCUT2D eigenvalue weighted by Crippen LogP contribution is 2.50. The van der Waals surface area contributed by atoms with Crippen molar-refractivity contribution >= 4 is 11.6 Å². The first-order valence-corrected chi connectivity index (χ1v) is 8.46. The molecule has 0 saturated heterocycles. The highest BCUT2D eigenvalue weighted by atomic mass is 16.5. The Morgan fingerprint density at radius 2 is 1.88 bits per heavy atom. The zero-order chi connectivity index (χ0) is 18.1. The van der Waals surface area contributed by atoms with E-state index in [0.717, 1.165) is 18.9 Å². The molecule has 1 aromatic carbocycles. The van der Waals surface area contributed by atoms with Crippen LogP contribution in [-0.4, -0.2) is 27.4 Å². The van der Waals surface area contributed by atoms with Gasteiger partial charge in [0, 0.05) is 23.5 Å². The summed E-state index contributed by atoms with van der Waals surface area (Å²) in [5.41, 5.74) is 0.912. The first-order valence-electron chi connectivity index (χ1n) is 8.46. The van der Waals surface area contributed by atoms with Crippen LogP contribution in [0.3, 0.4) is 0 Å². The van der Waals surface area contributed by atoms with Crippen LogP contribution in [0.25, 0.3) is 0 Å². The van der Waals surface area contributed by atoms with Crippen LogP contribution in [0.2, 0.25) is 0 Å². The molecule has 1 aliphatic heterocycles.